The first-order valence-electron chi connectivity index (χ1n) is 5.41. The Bertz CT molecular complexity index is 391. The molecule has 1 aromatic rings. The van der Waals surface area contributed by atoms with Gasteiger partial charge in [-0.3, -0.25) is 0 Å². The van der Waals surface area contributed by atoms with Crippen LogP contribution in [0, 0.1) is 0 Å². The van der Waals surface area contributed by atoms with Gasteiger partial charge in [-0.1, -0.05) is 13.8 Å². The summed E-state index contributed by atoms with van der Waals surface area (Å²) >= 11 is 0. The summed E-state index contributed by atoms with van der Waals surface area (Å²) in [5.41, 5.74) is 0.523. The largest absolute Gasteiger partial charge is 0.475 e. The monoisotopic (exact) mass is 225 g/mol. The molecule has 5 heteroatoms. The van der Waals surface area contributed by atoms with Crippen molar-refractivity contribution in [2.75, 3.05) is 13.2 Å². The molecule has 1 aliphatic rings. The molecule has 0 aromatic carbocycles. The zero-order valence-corrected chi connectivity index (χ0v) is 9.40. The fraction of sp³-hybridized carbons (Fsp3) is 0.636. The molecular weight excluding hydrogens is 210 g/mol. The van der Waals surface area contributed by atoms with Crippen molar-refractivity contribution in [3.8, 4) is 0 Å². The standard InChI is InChI=1S/C11H15NO4/c1-6(2)8-9(11(13)14)16-10(12-8)7-3-4-15-5-7/h6-7H,3-5H2,1-2H3,(H,13,14)/t7-/m1/s1. The first-order valence-corrected chi connectivity index (χ1v) is 5.41. The third kappa shape index (κ3) is 1.95. The first kappa shape index (κ1) is 11.1. The van der Waals surface area contributed by atoms with Gasteiger partial charge in [0.15, 0.2) is 0 Å². The average Bonchev–Trinajstić information content (AvgIpc) is 2.86. The van der Waals surface area contributed by atoms with E-state index in [0.29, 0.717) is 24.8 Å². The number of hydrogen-bond acceptors (Lipinski definition) is 4. The van der Waals surface area contributed by atoms with Gasteiger partial charge in [-0.25, -0.2) is 9.78 Å². The lowest BCUT2D eigenvalue weighted by molar-refractivity contribution is 0.0657. The van der Waals surface area contributed by atoms with Gasteiger partial charge in [0.2, 0.25) is 11.7 Å². The van der Waals surface area contributed by atoms with Crippen molar-refractivity contribution in [1.82, 2.24) is 4.98 Å². The molecule has 0 amide bonds. The lowest BCUT2D eigenvalue weighted by Gasteiger charge is -1.99. The Labute approximate surface area is 93.4 Å². The van der Waals surface area contributed by atoms with Crippen LogP contribution < -0.4 is 0 Å². The van der Waals surface area contributed by atoms with Gasteiger partial charge in [-0.05, 0) is 12.3 Å². The molecule has 0 saturated carbocycles. The highest BCUT2D eigenvalue weighted by Gasteiger charge is 2.28. The molecule has 0 radical (unpaired) electrons. The van der Waals surface area contributed by atoms with Crippen molar-refractivity contribution in [2.24, 2.45) is 0 Å². The first-order chi connectivity index (χ1) is 7.59. The topological polar surface area (TPSA) is 72.6 Å². The Hall–Kier alpha value is -1.36. The molecular formula is C11H15NO4. The Morgan fingerprint density at radius 3 is 2.75 bits per heavy atom. The van der Waals surface area contributed by atoms with Crippen LogP contribution in [0.4, 0.5) is 0 Å². The Morgan fingerprint density at radius 1 is 1.56 bits per heavy atom. The number of oxazole rings is 1. The van der Waals surface area contributed by atoms with Gasteiger partial charge in [0, 0.05) is 6.61 Å². The van der Waals surface area contributed by atoms with Gasteiger partial charge in [0.25, 0.3) is 0 Å². The van der Waals surface area contributed by atoms with Crippen LogP contribution in [0.15, 0.2) is 4.42 Å². The van der Waals surface area contributed by atoms with Crippen LogP contribution in [0.25, 0.3) is 0 Å². The SMILES string of the molecule is CC(C)c1nc([C@@H]2CCOC2)oc1C(=O)O. The highest BCUT2D eigenvalue weighted by atomic mass is 16.5. The van der Waals surface area contributed by atoms with E-state index < -0.39 is 5.97 Å². The van der Waals surface area contributed by atoms with Crippen LogP contribution in [0.2, 0.25) is 0 Å². The summed E-state index contributed by atoms with van der Waals surface area (Å²) in [7, 11) is 0. The van der Waals surface area contributed by atoms with Crippen LogP contribution in [0.1, 0.15) is 54.2 Å². The number of carboxylic acid groups (broad SMARTS) is 1. The third-order valence-electron chi connectivity index (χ3n) is 2.69. The van der Waals surface area contributed by atoms with Gasteiger partial charge in [0.1, 0.15) is 0 Å². The van der Waals surface area contributed by atoms with Crippen molar-refractivity contribution < 1.29 is 19.1 Å². The van der Waals surface area contributed by atoms with Gasteiger partial charge in [-0.2, -0.15) is 0 Å². The molecule has 1 fully saturated rings. The van der Waals surface area contributed by atoms with Gasteiger partial charge in [-0.15, -0.1) is 0 Å². The van der Waals surface area contributed by atoms with E-state index in [0.717, 1.165) is 6.42 Å². The summed E-state index contributed by atoms with van der Waals surface area (Å²) < 4.78 is 10.6. The van der Waals surface area contributed by atoms with E-state index in [2.05, 4.69) is 4.98 Å². The van der Waals surface area contributed by atoms with Gasteiger partial charge in [0.05, 0.1) is 18.2 Å². The molecule has 1 atom stereocenters. The molecule has 2 heterocycles. The highest BCUT2D eigenvalue weighted by molar-refractivity contribution is 5.85. The van der Waals surface area contributed by atoms with Crippen LogP contribution in [-0.4, -0.2) is 29.3 Å². The maximum atomic E-state index is 11.0. The smallest absolute Gasteiger partial charge is 0.373 e. The zero-order chi connectivity index (χ0) is 11.7. The number of ether oxygens (including phenoxy) is 1. The summed E-state index contributed by atoms with van der Waals surface area (Å²) in [4.78, 5) is 15.3. The predicted molar refractivity (Wildman–Crippen MR) is 55.7 cm³/mol. The molecule has 1 aliphatic heterocycles. The van der Waals surface area contributed by atoms with Crippen LogP contribution in [-0.2, 0) is 4.74 Å². The minimum absolute atomic E-state index is 0.0306. The Morgan fingerprint density at radius 2 is 2.31 bits per heavy atom. The van der Waals surface area contributed by atoms with E-state index in [1.165, 1.54) is 0 Å². The molecule has 0 aliphatic carbocycles. The molecule has 5 nitrogen and oxygen atoms in total. The van der Waals surface area contributed by atoms with Gasteiger partial charge >= 0.3 is 5.97 Å². The number of carbonyl (C=O) groups is 1. The quantitative estimate of drug-likeness (QED) is 0.851. The summed E-state index contributed by atoms with van der Waals surface area (Å²) in [6.45, 7) is 5.06. The number of hydrogen-bond donors (Lipinski definition) is 1. The summed E-state index contributed by atoms with van der Waals surface area (Å²) in [5, 5.41) is 9.01. The molecule has 16 heavy (non-hydrogen) atoms. The molecule has 1 aromatic heterocycles. The number of rotatable bonds is 3. The Kier molecular flexibility index (Phi) is 2.96. The number of carboxylic acids is 1. The minimum atomic E-state index is -1.05. The number of aromatic carboxylic acids is 1. The van der Waals surface area contributed by atoms with E-state index in [-0.39, 0.29) is 17.6 Å². The Balaban J connectivity index is 2.34. The molecule has 0 spiro atoms. The summed E-state index contributed by atoms with van der Waals surface area (Å²) in [6.07, 6.45) is 0.844. The van der Waals surface area contributed by atoms with Crippen LogP contribution in [0.3, 0.4) is 0 Å². The fourth-order valence-electron chi connectivity index (χ4n) is 1.80. The van der Waals surface area contributed by atoms with Crippen molar-refractivity contribution >= 4 is 5.97 Å². The van der Waals surface area contributed by atoms with Crippen LogP contribution in [0.5, 0.6) is 0 Å². The number of nitrogens with zero attached hydrogens (tertiary/aromatic N) is 1. The molecule has 0 bridgehead atoms. The molecule has 1 N–H and O–H groups in total. The molecule has 1 saturated heterocycles. The molecule has 0 unspecified atom stereocenters. The van der Waals surface area contributed by atoms with Crippen molar-refractivity contribution in [3.63, 3.8) is 0 Å². The maximum Gasteiger partial charge on any atom is 0.373 e. The van der Waals surface area contributed by atoms with E-state index in [9.17, 15) is 4.79 Å². The van der Waals surface area contributed by atoms with Crippen LogP contribution >= 0.6 is 0 Å². The lowest BCUT2D eigenvalue weighted by Crippen LogP contribution is -2.01. The van der Waals surface area contributed by atoms with Gasteiger partial charge < -0.3 is 14.3 Å². The molecule has 88 valence electrons. The maximum absolute atomic E-state index is 11.0. The second-order valence-corrected chi connectivity index (χ2v) is 4.29. The average molecular weight is 225 g/mol. The highest BCUT2D eigenvalue weighted by Crippen LogP contribution is 2.29. The van der Waals surface area contributed by atoms with Crippen molar-refractivity contribution in [1.29, 1.82) is 0 Å². The van der Waals surface area contributed by atoms with E-state index in [1.807, 2.05) is 13.8 Å². The second-order valence-electron chi connectivity index (χ2n) is 4.29. The summed E-state index contributed by atoms with van der Waals surface area (Å²) in [6, 6.07) is 0. The predicted octanol–water partition coefficient (Wildman–Crippen LogP) is 2.00. The van der Waals surface area contributed by atoms with Crippen molar-refractivity contribution in [3.05, 3.63) is 17.3 Å². The van der Waals surface area contributed by atoms with Crippen molar-refractivity contribution in [2.45, 2.75) is 32.1 Å². The normalized spacial score (nSPS) is 20.6. The van der Waals surface area contributed by atoms with E-state index in [1.54, 1.807) is 0 Å². The fourth-order valence-corrected chi connectivity index (χ4v) is 1.80. The lowest BCUT2D eigenvalue weighted by atomic mass is 10.1. The third-order valence-corrected chi connectivity index (χ3v) is 2.69. The number of aromatic nitrogens is 1. The second kappa shape index (κ2) is 4.25. The van der Waals surface area contributed by atoms with E-state index in [4.69, 9.17) is 14.3 Å². The van der Waals surface area contributed by atoms with E-state index >= 15 is 0 Å². The minimum Gasteiger partial charge on any atom is -0.475 e. The zero-order valence-electron chi connectivity index (χ0n) is 9.40. The molecule has 2 rings (SSSR count). The summed E-state index contributed by atoms with van der Waals surface area (Å²) in [5.74, 6) is -0.437.